The number of halogens is 1. The molecule has 0 aliphatic carbocycles. The maximum absolute atomic E-state index is 13.4. The van der Waals surface area contributed by atoms with Crippen LogP contribution in [-0.4, -0.2) is 55.9 Å². The zero-order valence-corrected chi connectivity index (χ0v) is 20.9. The molecule has 0 saturated carbocycles. The van der Waals surface area contributed by atoms with E-state index >= 15 is 0 Å². The van der Waals surface area contributed by atoms with Gasteiger partial charge < -0.3 is 24.3 Å². The number of nitrogens with one attached hydrogen (secondary N) is 1. The second-order valence-corrected chi connectivity index (χ2v) is 9.11. The molecular weight excluding hydrogens is 483 g/mol. The van der Waals surface area contributed by atoms with Crippen molar-refractivity contribution >= 4 is 34.6 Å². The third kappa shape index (κ3) is 7.02. The summed E-state index contributed by atoms with van der Waals surface area (Å²) in [6.07, 6.45) is 0.651. The molecule has 0 unspecified atom stereocenters. The van der Waals surface area contributed by atoms with Gasteiger partial charge in [-0.2, -0.15) is 0 Å². The van der Waals surface area contributed by atoms with E-state index in [1.165, 1.54) is 30.4 Å². The molecule has 1 amide bonds. The quantitative estimate of drug-likeness (QED) is 0.351. The highest BCUT2D eigenvalue weighted by Crippen LogP contribution is 2.25. The molecule has 8 nitrogen and oxygen atoms in total. The van der Waals surface area contributed by atoms with Gasteiger partial charge in [0.05, 0.1) is 24.6 Å². The van der Waals surface area contributed by atoms with E-state index in [9.17, 15) is 14.0 Å². The van der Waals surface area contributed by atoms with Crippen molar-refractivity contribution in [2.75, 3.05) is 44.4 Å². The summed E-state index contributed by atoms with van der Waals surface area (Å²) in [4.78, 5) is 30.5. The summed E-state index contributed by atoms with van der Waals surface area (Å²) in [5, 5.41) is 4.83. The molecule has 1 N–H and O–H groups in total. The van der Waals surface area contributed by atoms with E-state index in [1.54, 1.807) is 12.1 Å². The molecule has 10 heteroatoms. The monoisotopic (exact) mass is 512 g/mol. The number of carbonyl (C=O) groups excluding carboxylic acids is 2. The molecular formula is C26H29FN4O4S. The number of aromatic nitrogens is 1. The molecule has 0 spiro atoms. The highest BCUT2D eigenvalue weighted by Gasteiger charge is 2.13. The Morgan fingerprint density at radius 2 is 1.83 bits per heavy atom. The SMILES string of the molecule is CC(=O)OCC(=O)NCCCn1c(-c2ccc(N3CCOCC3)cc2)cs/c1=N\c1ccc(F)cc1. The number of hydrogen-bond acceptors (Lipinski definition) is 7. The second-order valence-electron chi connectivity index (χ2n) is 8.27. The number of ether oxygens (including phenoxy) is 2. The zero-order valence-electron chi connectivity index (χ0n) is 20.1. The predicted molar refractivity (Wildman–Crippen MR) is 137 cm³/mol. The highest BCUT2D eigenvalue weighted by atomic mass is 32.1. The van der Waals surface area contributed by atoms with Crippen LogP contribution >= 0.6 is 11.3 Å². The van der Waals surface area contributed by atoms with Crippen LogP contribution in [0, 0.1) is 5.82 Å². The van der Waals surface area contributed by atoms with Gasteiger partial charge in [-0.25, -0.2) is 9.38 Å². The first-order valence-electron chi connectivity index (χ1n) is 11.8. The van der Waals surface area contributed by atoms with Gasteiger partial charge in [-0.05, 0) is 48.4 Å². The number of hydrogen-bond donors (Lipinski definition) is 1. The van der Waals surface area contributed by atoms with Crippen molar-refractivity contribution in [2.45, 2.75) is 19.9 Å². The maximum Gasteiger partial charge on any atom is 0.303 e. The molecule has 2 aromatic carbocycles. The molecule has 36 heavy (non-hydrogen) atoms. The van der Waals surface area contributed by atoms with Crippen molar-refractivity contribution < 1.29 is 23.5 Å². The van der Waals surface area contributed by atoms with E-state index in [0.717, 1.165) is 48.0 Å². The van der Waals surface area contributed by atoms with E-state index in [1.807, 2.05) is 0 Å². The number of rotatable bonds is 9. The summed E-state index contributed by atoms with van der Waals surface area (Å²) >= 11 is 1.51. The van der Waals surface area contributed by atoms with Gasteiger partial charge in [-0.3, -0.25) is 9.59 Å². The Balaban J connectivity index is 1.53. The van der Waals surface area contributed by atoms with Crippen LogP contribution in [0.5, 0.6) is 0 Å². The second kappa shape index (κ2) is 12.5. The van der Waals surface area contributed by atoms with Gasteiger partial charge in [0, 0.05) is 44.2 Å². The minimum absolute atomic E-state index is 0.285. The lowest BCUT2D eigenvalue weighted by molar-refractivity contribution is -0.146. The molecule has 0 bridgehead atoms. The summed E-state index contributed by atoms with van der Waals surface area (Å²) in [5.41, 5.74) is 3.90. The van der Waals surface area contributed by atoms with Crippen LogP contribution < -0.4 is 15.0 Å². The minimum atomic E-state index is -0.490. The van der Waals surface area contributed by atoms with E-state index in [2.05, 4.69) is 44.4 Å². The molecule has 1 saturated heterocycles. The number of benzene rings is 2. The molecule has 2 heterocycles. The van der Waals surface area contributed by atoms with Crippen molar-refractivity contribution in [3.63, 3.8) is 0 Å². The van der Waals surface area contributed by atoms with Crippen LogP contribution in [0.2, 0.25) is 0 Å². The van der Waals surface area contributed by atoms with Crippen molar-refractivity contribution in [2.24, 2.45) is 4.99 Å². The summed E-state index contributed by atoms with van der Waals surface area (Å²) in [5.74, 6) is -1.13. The van der Waals surface area contributed by atoms with Crippen molar-refractivity contribution in [3.8, 4) is 11.3 Å². The molecule has 0 atom stereocenters. The number of amides is 1. The van der Waals surface area contributed by atoms with Crippen LogP contribution in [-0.2, 0) is 25.6 Å². The normalized spacial score (nSPS) is 14.1. The smallest absolute Gasteiger partial charge is 0.303 e. The minimum Gasteiger partial charge on any atom is -0.456 e. The number of carbonyl (C=O) groups is 2. The lowest BCUT2D eigenvalue weighted by Crippen LogP contribution is -2.36. The van der Waals surface area contributed by atoms with Crippen LogP contribution in [0.4, 0.5) is 15.8 Å². The van der Waals surface area contributed by atoms with Crippen molar-refractivity contribution in [3.05, 3.63) is 64.5 Å². The first-order chi connectivity index (χ1) is 17.5. The fourth-order valence-corrected chi connectivity index (χ4v) is 4.79. The number of nitrogens with zero attached hydrogens (tertiary/aromatic N) is 3. The summed E-state index contributed by atoms with van der Waals surface area (Å²) in [7, 11) is 0. The third-order valence-electron chi connectivity index (χ3n) is 5.68. The van der Waals surface area contributed by atoms with Crippen LogP contribution in [0.25, 0.3) is 11.3 Å². The van der Waals surface area contributed by atoms with Crippen molar-refractivity contribution in [1.29, 1.82) is 0 Å². The average molecular weight is 513 g/mol. The van der Waals surface area contributed by atoms with E-state index in [4.69, 9.17) is 14.5 Å². The van der Waals surface area contributed by atoms with E-state index in [-0.39, 0.29) is 18.3 Å². The topological polar surface area (TPSA) is 85.2 Å². The fourth-order valence-electron chi connectivity index (χ4n) is 3.84. The number of thiazole rings is 1. The van der Waals surface area contributed by atoms with Crippen LogP contribution in [0.15, 0.2) is 58.9 Å². The molecule has 4 rings (SSSR count). The van der Waals surface area contributed by atoms with Gasteiger partial charge in [0.2, 0.25) is 0 Å². The molecule has 1 aromatic heterocycles. The van der Waals surface area contributed by atoms with Crippen LogP contribution in [0.3, 0.4) is 0 Å². The summed E-state index contributed by atoms with van der Waals surface area (Å²) < 4.78 is 25.6. The lowest BCUT2D eigenvalue weighted by Gasteiger charge is -2.28. The highest BCUT2D eigenvalue weighted by molar-refractivity contribution is 7.07. The summed E-state index contributed by atoms with van der Waals surface area (Å²) in [6, 6.07) is 14.5. The van der Waals surface area contributed by atoms with Gasteiger partial charge in [0.15, 0.2) is 11.4 Å². The maximum atomic E-state index is 13.4. The van der Waals surface area contributed by atoms with Gasteiger partial charge in [-0.15, -0.1) is 11.3 Å². The predicted octanol–water partition coefficient (Wildman–Crippen LogP) is 3.49. The lowest BCUT2D eigenvalue weighted by atomic mass is 10.1. The number of anilines is 1. The molecule has 1 aliphatic rings. The Morgan fingerprint density at radius 1 is 1.11 bits per heavy atom. The fraction of sp³-hybridized carbons (Fsp3) is 0.346. The van der Waals surface area contributed by atoms with Crippen molar-refractivity contribution in [1.82, 2.24) is 9.88 Å². The average Bonchev–Trinajstić information content (AvgIpc) is 3.29. The summed E-state index contributed by atoms with van der Waals surface area (Å²) in [6.45, 7) is 5.24. The molecule has 1 aliphatic heterocycles. The number of morpholine rings is 1. The molecule has 1 fully saturated rings. The van der Waals surface area contributed by atoms with Gasteiger partial charge >= 0.3 is 5.97 Å². The zero-order chi connectivity index (χ0) is 25.3. The Bertz CT molecular complexity index is 1230. The molecule has 3 aromatic rings. The largest absolute Gasteiger partial charge is 0.456 e. The van der Waals surface area contributed by atoms with Gasteiger partial charge in [0.25, 0.3) is 5.91 Å². The van der Waals surface area contributed by atoms with E-state index < -0.39 is 5.97 Å². The first kappa shape index (κ1) is 25.6. The number of esters is 1. The Labute approximate surface area is 213 Å². The Hall–Kier alpha value is -3.50. The van der Waals surface area contributed by atoms with Gasteiger partial charge in [-0.1, -0.05) is 12.1 Å². The van der Waals surface area contributed by atoms with Gasteiger partial charge in [0.1, 0.15) is 5.82 Å². The Kier molecular flexibility index (Phi) is 8.85. The van der Waals surface area contributed by atoms with E-state index in [0.29, 0.717) is 25.2 Å². The standard InChI is InChI=1S/C26H29FN4O4S/c1-19(32)35-17-25(33)28-11-2-12-31-24(18-36-26(31)29-22-7-5-21(27)6-8-22)20-3-9-23(10-4-20)30-13-15-34-16-14-30/h3-10,18H,2,11-17H2,1H3,(H,28,33)/b29-26-. The third-order valence-corrected chi connectivity index (χ3v) is 6.54. The Morgan fingerprint density at radius 3 is 2.53 bits per heavy atom. The molecule has 0 radical (unpaired) electrons. The molecule has 190 valence electrons. The van der Waals surface area contributed by atoms with Crippen LogP contribution in [0.1, 0.15) is 13.3 Å². The first-order valence-corrected chi connectivity index (χ1v) is 12.7.